The monoisotopic (exact) mass is 348 g/mol. The fourth-order valence-electron chi connectivity index (χ4n) is 3.39. The molecule has 0 bridgehead atoms. The van der Waals surface area contributed by atoms with Crippen LogP contribution in [-0.2, 0) is 11.2 Å². The number of carbonyl (C=O) groups is 1. The number of fused-ring (bicyclic) bond motifs is 1. The minimum atomic E-state index is -0.350. The number of aliphatic hydroxyl groups excluding tert-OH is 1. The average Bonchev–Trinajstić information content (AvgIpc) is 3.06. The first kappa shape index (κ1) is 17.8. The van der Waals surface area contributed by atoms with E-state index >= 15 is 0 Å². The summed E-state index contributed by atoms with van der Waals surface area (Å²) >= 11 is 0. The number of para-hydroxylation sites is 1. The van der Waals surface area contributed by atoms with Gasteiger partial charge in [-0.15, -0.1) is 0 Å². The van der Waals surface area contributed by atoms with Gasteiger partial charge in [0.2, 0.25) is 5.91 Å². The number of imidazole rings is 1. The van der Waals surface area contributed by atoms with Gasteiger partial charge in [-0.3, -0.25) is 9.69 Å². The number of nitrogens with one attached hydrogen (secondary N) is 1. The number of nitrogens with zero attached hydrogens (tertiary/aromatic N) is 3. The Bertz CT molecular complexity index is 721. The third kappa shape index (κ3) is 3.99. The van der Waals surface area contributed by atoms with E-state index in [2.05, 4.69) is 21.8 Å². The van der Waals surface area contributed by atoms with Crippen LogP contribution in [0.5, 0.6) is 0 Å². The zero-order valence-electron chi connectivity index (χ0n) is 14.5. The lowest BCUT2D eigenvalue weighted by Crippen LogP contribution is -2.52. The number of aliphatic hydroxyl groups is 1. The number of rotatable bonds is 6. The second kappa shape index (κ2) is 7.93. The summed E-state index contributed by atoms with van der Waals surface area (Å²) in [5.41, 5.74) is 0.985. The van der Waals surface area contributed by atoms with Crippen LogP contribution in [0, 0.1) is 5.82 Å². The summed E-state index contributed by atoms with van der Waals surface area (Å²) in [5.74, 6) is 0.382. The lowest BCUT2D eigenvalue weighted by molar-refractivity contribution is -0.133. The Kier molecular flexibility index (Phi) is 5.65. The van der Waals surface area contributed by atoms with Crippen molar-refractivity contribution in [2.45, 2.75) is 32.2 Å². The maximum absolute atomic E-state index is 13.7. The summed E-state index contributed by atoms with van der Waals surface area (Å²) < 4.78 is 13.7. The second-order valence-electron chi connectivity index (χ2n) is 6.48. The zero-order chi connectivity index (χ0) is 17.8. The molecule has 0 radical (unpaired) electrons. The number of benzene rings is 1. The first-order valence-electron chi connectivity index (χ1n) is 8.88. The van der Waals surface area contributed by atoms with E-state index in [1.165, 1.54) is 6.07 Å². The number of carbonyl (C=O) groups excluding carboxylic acids is 1. The predicted octanol–water partition coefficient (Wildman–Crippen LogP) is 1.55. The molecule has 25 heavy (non-hydrogen) atoms. The number of aromatic nitrogens is 2. The van der Waals surface area contributed by atoms with Crippen molar-refractivity contribution in [2.24, 2.45) is 0 Å². The van der Waals surface area contributed by atoms with Gasteiger partial charge in [0.25, 0.3) is 0 Å². The molecule has 0 aliphatic carbocycles. The van der Waals surface area contributed by atoms with Gasteiger partial charge in [-0.1, -0.05) is 13.0 Å². The van der Waals surface area contributed by atoms with Gasteiger partial charge < -0.3 is 15.0 Å². The molecule has 0 saturated carbocycles. The number of piperazine rings is 1. The van der Waals surface area contributed by atoms with Crippen LogP contribution in [0.1, 0.15) is 25.6 Å². The topological polar surface area (TPSA) is 72.5 Å². The fourth-order valence-corrected chi connectivity index (χ4v) is 3.39. The van der Waals surface area contributed by atoms with Gasteiger partial charge in [0.1, 0.15) is 11.3 Å². The van der Waals surface area contributed by atoms with Crippen molar-refractivity contribution in [1.29, 1.82) is 0 Å². The van der Waals surface area contributed by atoms with Crippen molar-refractivity contribution >= 4 is 16.9 Å². The summed E-state index contributed by atoms with van der Waals surface area (Å²) in [4.78, 5) is 23.8. The Labute approximate surface area is 146 Å². The van der Waals surface area contributed by atoms with Crippen molar-refractivity contribution in [1.82, 2.24) is 19.8 Å². The quantitative estimate of drug-likeness (QED) is 0.831. The number of hydrogen-bond acceptors (Lipinski definition) is 4. The largest absolute Gasteiger partial charge is 0.395 e. The molecule has 0 spiro atoms. The molecule has 2 aromatic rings. The summed E-state index contributed by atoms with van der Waals surface area (Å²) in [5, 5.41) is 9.38. The predicted molar refractivity (Wildman–Crippen MR) is 93.7 cm³/mol. The Morgan fingerprint density at radius 1 is 1.36 bits per heavy atom. The smallest absolute Gasteiger partial charge is 0.223 e. The summed E-state index contributed by atoms with van der Waals surface area (Å²) in [6, 6.07) is 4.98. The molecule has 7 heteroatoms. The molecule has 1 aromatic carbocycles. The summed E-state index contributed by atoms with van der Waals surface area (Å²) in [6.07, 6.45) is 1.74. The van der Waals surface area contributed by atoms with E-state index in [-0.39, 0.29) is 24.4 Å². The van der Waals surface area contributed by atoms with Gasteiger partial charge in [-0.2, -0.15) is 0 Å². The van der Waals surface area contributed by atoms with Crippen LogP contribution in [0.15, 0.2) is 18.2 Å². The number of hydrogen-bond donors (Lipinski definition) is 2. The Balaban J connectivity index is 1.52. The van der Waals surface area contributed by atoms with Crippen LogP contribution >= 0.6 is 0 Å². The van der Waals surface area contributed by atoms with Crippen LogP contribution < -0.4 is 0 Å². The Hall–Kier alpha value is -1.99. The molecular formula is C18H25FN4O2. The molecule has 136 valence electrons. The van der Waals surface area contributed by atoms with E-state index < -0.39 is 0 Å². The molecule has 1 aromatic heterocycles. The third-order valence-electron chi connectivity index (χ3n) is 4.95. The Morgan fingerprint density at radius 2 is 2.12 bits per heavy atom. The average molecular weight is 348 g/mol. The van der Waals surface area contributed by atoms with Crippen LogP contribution in [0.25, 0.3) is 11.0 Å². The van der Waals surface area contributed by atoms with E-state index in [0.717, 1.165) is 19.5 Å². The van der Waals surface area contributed by atoms with Crippen LogP contribution in [0.2, 0.25) is 0 Å². The number of halogens is 1. The van der Waals surface area contributed by atoms with Crippen LogP contribution in [0.3, 0.4) is 0 Å². The molecular weight excluding hydrogens is 323 g/mol. The lowest BCUT2D eigenvalue weighted by Gasteiger charge is -2.38. The number of aromatic amines is 1. The highest BCUT2D eigenvalue weighted by atomic mass is 19.1. The van der Waals surface area contributed by atoms with E-state index in [1.54, 1.807) is 12.1 Å². The molecule has 3 rings (SSSR count). The lowest BCUT2D eigenvalue weighted by atomic mass is 10.1. The zero-order valence-corrected chi connectivity index (χ0v) is 14.5. The molecule has 1 atom stereocenters. The molecule has 1 aliphatic rings. The highest BCUT2D eigenvalue weighted by molar-refractivity contribution is 5.77. The molecule has 1 aliphatic heterocycles. The molecule has 1 saturated heterocycles. The summed E-state index contributed by atoms with van der Waals surface area (Å²) in [7, 11) is 0. The van der Waals surface area contributed by atoms with E-state index in [9.17, 15) is 14.3 Å². The summed E-state index contributed by atoms with van der Waals surface area (Å²) in [6.45, 7) is 5.18. The van der Waals surface area contributed by atoms with Crippen molar-refractivity contribution in [2.75, 3.05) is 32.8 Å². The molecule has 2 heterocycles. The first-order valence-corrected chi connectivity index (χ1v) is 8.88. The molecule has 6 nitrogen and oxygen atoms in total. The maximum Gasteiger partial charge on any atom is 0.223 e. The highest BCUT2D eigenvalue weighted by Gasteiger charge is 2.24. The van der Waals surface area contributed by atoms with Crippen molar-refractivity contribution in [3.05, 3.63) is 29.8 Å². The molecule has 1 fully saturated rings. The molecule has 2 N–H and O–H groups in total. The van der Waals surface area contributed by atoms with Gasteiger partial charge in [0.15, 0.2) is 5.82 Å². The van der Waals surface area contributed by atoms with E-state index in [1.807, 2.05) is 4.90 Å². The molecule has 1 amide bonds. The van der Waals surface area contributed by atoms with Crippen LogP contribution in [-0.4, -0.2) is 69.6 Å². The molecule has 1 unspecified atom stereocenters. The van der Waals surface area contributed by atoms with Crippen molar-refractivity contribution < 1.29 is 14.3 Å². The number of aryl methyl sites for hydroxylation is 1. The Morgan fingerprint density at radius 3 is 2.76 bits per heavy atom. The van der Waals surface area contributed by atoms with Gasteiger partial charge in [-0.25, -0.2) is 9.37 Å². The highest BCUT2D eigenvalue weighted by Crippen LogP contribution is 2.16. The van der Waals surface area contributed by atoms with Gasteiger partial charge in [0.05, 0.1) is 12.1 Å². The van der Waals surface area contributed by atoms with Crippen molar-refractivity contribution in [3.63, 3.8) is 0 Å². The van der Waals surface area contributed by atoms with Gasteiger partial charge >= 0.3 is 0 Å². The minimum absolute atomic E-state index is 0.0950. The number of H-pyrrole nitrogens is 1. The normalized spacial score (nSPS) is 17.2. The van der Waals surface area contributed by atoms with Gasteiger partial charge in [0, 0.05) is 45.1 Å². The van der Waals surface area contributed by atoms with Gasteiger partial charge in [-0.05, 0) is 18.6 Å². The maximum atomic E-state index is 13.7. The van der Waals surface area contributed by atoms with E-state index in [4.69, 9.17) is 0 Å². The minimum Gasteiger partial charge on any atom is -0.395 e. The third-order valence-corrected chi connectivity index (χ3v) is 4.95. The SMILES string of the molecule is CCC(CO)N1CCN(C(=O)CCc2nc3c(F)cccc3[nH]2)CC1. The van der Waals surface area contributed by atoms with E-state index in [0.29, 0.717) is 42.8 Å². The fraction of sp³-hybridized carbons (Fsp3) is 0.556. The first-order chi connectivity index (χ1) is 12.1. The number of amides is 1. The van der Waals surface area contributed by atoms with Crippen LogP contribution in [0.4, 0.5) is 4.39 Å². The van der Waals surface area contributed by atoms with Crippen molar-refractivity contribution in [3.8, 4) is 0 Å². The standard InChI is InChI=1S/C18H25FN4O2/c1-2-13(12-24)22-8-10-23(11-9-22)17(25)7-6-16-20-15-5-3-4-14(19)18(15)21-16/h3-5,13,24H,2,6-12H2,1H3,(H,20,21). The second-order valence-corrected chi connectivity index (χ2v) is 6.48.